The molecule has 5 rings (SSSR count). The minimum Gasteiger partial charge on any atom is -0.457 e. The fourth-order valence-electron chi connectivity index (χ4n) is 3.91. The number of para-hydroxylation sites is 3. The number of likely N-dealkylation sites (N-methyl/N-ethyl adjacent to an activating group) is 1. The van der Waals surface area contributed by atoms with E-state index in [1.165, 1.54) is 0 Å². The van der Waals surface area contributed by atoms with Crippen molar-refractivity contribution in [2.75, 3.05) is 7.05 Å². The van der Waals surface area contributed by atoms with Gasteiger partial charge in [-0.05, 0) is 24.3 Å². The van der Waals surface area contributed by atoms with Crippen LogP contribution in [0.5, 0.6) is 11.5 Å². The molecule has 1 aliphatic heterocycles. The maximum Gasteiger partial charge on any atom is 0.234 e. The molecule has 0 unspecified atom stereocenters. The van der Waals surface area contributed by atoms with Gasteiger partial charge in [0.2, 0.25) is 5.91 Å². The normalized spacial score (nSPS) is 12.6. The third-order valence-corrected chi connectivity index (χ3v) is 5.38. The van der Waals surface area contributed by atoms with E-state index < -0.39 is 0 Å². The lowest BCUT2D eigenvalue weighted by molar-refractivity contribution is -0.131. The lowest BCUT2D eigenvalue weighted by Crippen LogP contribution is -2.33. The van der Waals surface area contributed by atoms with Crippen LogP contribution >= 0.6 is 0 Å². The Morgan fingerprint density at radius 2 is 1.53 bits per heavy atom. The van der Waals surface area contributed by atoms with Crippen molar-refractivity contribution in [3.63, 3.8) is 0 Å². The van der Waals surface area contributed by atoms with Crippen molar-refractivity contribution in [2.45, 2.75) is 12.5 Å². The molecule has 5 nitrogen and oxygen atoms in total. The van der Waals surface area contributed by atoms with Crippen LogP contribution in [0.25, 0.3) is 5.69 Å². The number of ether oxygens (including phenoxy) is 1. The lowest BCUT2D eigenvalue weighted by Gasteiger charge is -2.30. The molecule has 1 aliphatic rings. The van der Waals surface area contributed by atoms with E-state index >= 15 is 0 Å². The third-order valence-electron chi connectivity index (χ3n) is 5.38. The highest BCUT2D eigenvalue weighted by Crippen LogP contribution is 2.44. The lowest BCUT2D eigenvalue weighted by atomic mass is 9.87. The van der Waals surface area contributed by atoms with Gasteiger partial charge in [0.1, 0.15) is 11.5 Å². The number of carbonyl (C=O) groups excluding carboxylic acids is 1. The number of aromatic nitrogens is 2. The summed E-state index contributed by atoms with van der Waals surface area (Å²) >= 11 is 0. The van der Waals surface area contributed by atoms with E-state index in [0.29, 0.717) is 6.54 Å². The van der Waals surface area contributed by atoms with Gasteiger partial charge in [-0.1, -0.05) is 54.6 Å². The minimum absolute atomic E-state index is 0.0330. The van der Waals surface area contributed by atoms with Gasteiger partial charge < -0.3 is 9.64 Å². The second kappa shape index (κ2) is 7.52. The number of fused-ring (bicyclic) bond motifs is 2. The molecule has 2 heterocycles. The smallest absolute Gasteiger partial charge is 0.234 e. The number of amides is 1. The molecule has 30 heavy (non-hydrogen) atoms. The molecule has 1 amide bonds. The van der Waals surface area contributed by atoms with Gasteiger partial charge in [0, 0.05) is 36.5 Å². The summed E-state index contributed by atoms with van der Waals surface area (Å²) in [6.45, 7) is 0.480. The number of nitrogens with zero attached hydrogens (tertiary/aromatic N) is 3. The number of benzene rings is 3. The summed E-state index contributed by atoms with van der Waals surface area (Å²) in [5.74, 6) is 1.12. The van der Waals surface area contributed by atoms with Crippen LogP contribution in [0.3, 0.4) is 0 Å². The van der Waals surface area contributed by atoms with Gasteiger partial charge in [0.25, 0.3) is 0 Å². The first-order chi connectivity index (χ1) is 14.7. The quantitative estimate of drug-likeness (QED) is 0.500. The zero-order chi connectivity index (χ0) is 20.5. The summed E-state index contributed by atoms with van der Waals surface area (Å²) in [5.41, 5.74) is 3.76. The first-order valence-corrected chi connectivity index (χ1v) is 9.90. The zero-order valence-electron chi connectivity index (χ0n) is 16.6. The Balaban J connectivity index is 1.42. The minimum atomic E-state index is -0.389. The SMILES string of the molecule is CN(Cc1cnn(-c2ccccc2)c1)C(=O)C1c2ccccc2Oc2ccccc21. The van der Waals surface area contributed by atoms with Gasteiger partial charge >= 0.3 is 0 Å². The van der Waals surface area contributed by atoms with Gasteiger partial charge in [-0.3, -0.25) is 4.79 Å². The van der Waals surface area contributed by atoms with Crippen LogP contribution in [-0.4, -0.2) is 27.6 Å². The van der Waals surface area contributed by atoms with Crippen LogP contribution in [0.1, 0.15) is 22.6 Å². The number of carbonyl (C=O) groups is 1. The fraction of sp³-hybridized carbons (Fsp3) is 0.120. The van der Waals surface area contributed by atoms with Crippen molar-refractivity contribution in [3.8, 4) is 17.2 Å². The molecule has 0 bridgehead atoms. The topological polar surface area (TPSA) is 47.4 Å². The predicted octanol–water partition coefficient (Wildman–Crippen LogP) is 4.77. The van der Waals surface area contributed by atoms with E-state index in [4.69, 9.17) is 4.74 Å². The van der Waals surface area contributed by atoms with Gasteiger partial charge in [0.05, 0.1) is 17.8 Å². The summed E-state index contributed by atoms with van der Waals surface area (Å²) < 4.78 is 7.85. The molecule has 0 aliphatic carbocycles. The summed E-state index contributed by atoms with van der Waals surface area (Å²) in [6.07, 6.45) is 3.77. The van der Waals surface area contributed by atoms with Crippen molar-refractivity contribution in [2.24, 2.45) is 0 Å². The molecule has 0 saturated carbocycles. The third kappa shape index (κ3) is 3.24. The monoisotopic (exact) mass is 395 g/mol. The standard InChI is InChI=1S/C25H21N3O2/c1-27(16-18-15-26-28(17-18)19-9-3-2-4-10-19)25(29)24-20-11-5-7-13-22(20)30-23-14-8-6-12-21(23)24/h2-15,17,24H,16H2,1H3. The Hall–Kier alpha value is -3.86. The molecule has 5 heteroatoms. The van der Waals surface area contributed by atoms with E-state index in [1.54, 1.807) is 4.90 Å². The van der Waals surface area contributed by atoms with Crippen molar-refractivity contribution < 1.29 is 9.53 Å². The Bertz CT molecular complexity index is 1150. The largest absolute Gasteiger partial charge is 0.457 e. The van der Waals surface area contributed by atoms with Crippen LogP contribution in [0, 0.1) is 0 Å². The molecule has 3 aromatic carbocycles. The molecular formula is C25H21N3O2. The number of hydrogen-bond donors (Lipinski definition) is 0. The first kappa shape index (κ1) is 18.2. The molecule has 4 aromatic rings. The van der Waals surface area contributed by atoms with Crippen LogP contribution < -0.4 is 4.74 Å². The summed E-state index contributed by atoms with van der Waals surface area (Å²) in [4.78, 5) is 15.3. The maximum atomic E-state index is 13.5. The van der Waals surface area contributed by atoms with E-state index in [0.717, 1.165) is 33.9 Å². The van der Waals surface area contributed by atoms with Crippen molar-refractivity contribution >= 4 is 5.91 Å². The highest BCUT2D eigenvalue weighted by Gasteiger charge is 2.34. The second-order valence-electron chi connectivity index (χ2n) is 7.43. The Morgan fingerprint density at radius 3 is 2.20 bits per heavy atom. The molecule has 148 valence electrons. The van der Waals surface area contributed by atoms with Crippen molar-refractivity contribution in [1.82, 2.24) is 14.7 Å². The Labute approximate surface area is 175 Å². The summed E-state index contributed by atoms with van der Waals surface area (Å²) in [7, 11) is 1.84. The van der Waals surface area contributed by atoms with Gasteiger partial charge in [-0.25, -0.2) is 4.68 Å². The summed E-state index contributed by atoms with van der Waals surface area (Å²) in [6, 6.07) is 25.4. The van der Waals surface area contributed by atoms with Crippen molar-refractivity contribution in [1.29, 1.82) is 0 Å². The van der Waals surface area contributed by atoms with Crippen LogP contribution in [0.15, 0.2) is 91.3 Å². The maximum absolute atomic E-state index is 13.5. The number of rotatable bonds is 4. The molecule has 0 saturated heterocycles. The highest BCUT2D eigenvalue weighted by atomic mass is 16.5. The molecule has 0 atom stereocenters. The average molecular weight is 395 g/mol. The second-order valence-corrected chi connectivity index (χ2v) is 7.43. The van der Waals surface area contributed by atoms with Gasteiger partial charge in [-0.2, -0.15) is 5.10 Å². The van der Waals surface area contributed by atoms with Gasteiger partial charge in [-0.15, -0.1) is 0 Å². The van der Waals surface area contributed by atoms with Crippen LogP contribution in [0.4, 0.5) is 0 Å². The fourth-order valence-corrected chi connectivity index (χ4v) is 3.91. The predicted molar refractivity (Wildman–Crippen MR) is 115 cm³/mol. The summed E-state index contributed by atoms with van der Waals surface area (Å²) in [5, 5.41) is 4.44. The van der Waals surface area contributed by atoms with E-state index in [2.05, 4.69) is 5.10 Å². The molecule has 0 spiro atoms. The Morgan fingerprint density at radius 1 is 0.933 bits per heavy atom. The number of hydrogen-bond acceptors (Lipinski definition) is 3. The molecule has 0 N–H and O–H groups in total. The Kier molecular flexibility index (Phi) is 4.56. The zero-order valence-corrected chi connectivity index (χ0v) is 16.6. The molecule has 0 fully saturated rings. The van der Waals surface area contributed by atoms with E-state index in [1.807, 2.05) is 103 Å². The average Bonchev–Trinajstić information content (AvgIpc) is 3.26. The molecule has 0 radical (unpaired) electrons. The molecular weight excluding hydrogens is 374 g/mol. The first-order valence-electron chi connectivity index (χ1n) is 9.90. The highest BCUT2D eigenvalue weighted by molar-refractivity contribution is 5.89. The van der Waals surface area contributed by atoms with E-state index in [9.17, 15) is 4.79 Å². The van der Waals surface area contributed by atoms with Gasteiger partial charge in [0.15, 0.2) is 0 Å². The van der Waals surface area contributed by atoms with Crippen LogP contribution in [-0.2, 0) is 11.3 Å². The van der Waals surface area contributed by atoms with E-state index in [-0.39, 0.29) is 11.8 Å². The molecule has 1 aromatic heterocycles. The van der Waals surface area contributed by atoms with Crippen LogP contribution in [0.2, 0.25) is 0 Å². The van der Waals surface area contributed by atoms with Crippen molar-refractivity contribution in [3.05, 3.63) is 108 Å².